The highest BCUT2D eigenvalue weighted by atomic mass is 16.5. The lowest BCUT2D eigenvalue weighted by Crippen LogP contribution is -2.10. The Kier molecular flexibility index (Phi) is 2.79. The van der Waals surface area contributed by atoms with E-state index in [0.29, 0.717) is 22.2 Å². The normalized spacial score (nSPS) is 10.7. The Morgan fingerprint density at radius 3 is 2.90 bits per heavy atom. The topological polar surface area (TPSA) is 98.1 Å². The number of aromatic nitrogens is 3. The number of methoxy groups -OCH3 is 1. The minimum atomic E-state index is -0.489. The molecular formula is C13H9N3O4. The summed E-state index contributed by atoms with van der Waals surface area (Å²) in [5.74, 6) is -0.213. The van der Waals surface area contributed by atoms with Crippen LogP contribution in [0.3, 0.4) is 0 Å². The molecule has 1 aromatic carbocycles. The van der Waals surface area contributed by atoms with E-state index in [2.05, 4.69) is 19.9 Å². The van der Waals surface area contributed by atoms with Gasteiger partial charge in [0, 0.05) is 6.07 Å². The van der Waals surface area contributed by atoms with E-state index < -0.39 is 5.97 Å². The third kappa shape index (κ3) is 1.95. The Labute approximate surface area is 112 Å². The number of fused-ring (bicyclic) bond motifs is 1. The molecule has 100 valence electrons. The lowest BCUT2D eigenvalue weighted by Gasteiger charge is -2.02. The highest BCUT2D eigenvalue weighted by Gasteiger charge is 2.11. The van der Waals surface area contributed by atoms with Gasteiger partial charge in [0.1, 0.15) is 12.0 Å². The molecule has 0 spiro atoms. The number of aromatic amines is 1. The molecule has 0 aliphatic heterocycles. The molecule has 0 radical (unpaired) electrons. The van der Waals surface area contributed by atoms with Crippen LogP contribution in [0, 0.1) is 0 Å². The number of nitrogens with one attached hydrogen (secondary N) is 1. The number of rotatable bonds is 2. The van der Waals surface area contributed by atoms with Crippen molar-refractivity contribution in [2.24, 2.45) is 0 Å². The predicted molar refractivity (Wildman–Crippen MR) is 69.2 cm³/mol. The van der Waals surface area contributed by atoms with Crippen LogP contribution in [0.5, 0.6) is 0 Å². The molecule has 2 aromatic heterocycles. The maximum atomic E-state index is 12.0. The number of ether oxygens (including phenoxy) is 1. The SMILES string of the molecule is COC(=O)c1ccc2c(=O)[nH]c(-c3ccon3)nc2c1. The zero-order chi connectivity index (χ0) is 14.1. The number of nitrogens with zero attached hydrogens (tertiary/aromatic N) is 2. The summed E-state index contributed by atoms with van der Waals surface area (Å²) >= 11 is 0. The van der Waals surface area contributed by atoms with Crippen LogP contribution < -0.4 is 5.56 Å². The first-order valence-electron chi connectivity index (χ1n) is 5.72. The first-order chi connectivity index (χ1) is 9.69. The first kappa shape index (κ1) is 12.1. The van der Waals surface area contributed by atoms with Gasteiger partial charge in [-0.1, -0.05) is 5.16 Å². The summed E-state index contributed by atoms with van der Waals surface area (Å²) in [4.78, 5) is 30.3. The van der Waals surface area contributed by atoms with Gasteiger partial charge in [-0.25, -0.2) is 9.78 Å². The van der Waals surface area contributed by atoms with E-state index in [1.54, 1.807) is 6.07 Å². The number of carbonyl (C=O) groups excluding carboxylic acids is 1. The van der Waals surface area contributed by atoms with E-state index in [0.717, 1.165) is 0 Å². The molecule has 20 heavy (non-hydrogen) atoms. The van der Waals surface area contributed by atoms with Crippen LogP contribution in [-0.4, -0.2) is 28.2 Å². The van der Waals surface area contributed by atoms with Crippen molar-refractivity contribution >= 4 is 16.9 Å². The summed E-state index contributed by atoms with van der Waals surface area (Å²) in [6.45, 7) is 0. The molecular weight excluding hydrogens is 262 g/mol. The van der Waals surface area contributed by atoms with E-state index in [1.165, 1.54) is 31.6 Å². The zero-order valence-corrected chi connectivity index (χ0v) is 10.4. The molecule has 7 nitrogen and oxygen atoms in total. The number of H-pyrrole nitrogens is 1. The van der Waals surface area contributed by atoms with Gasteiger partial charge in [-0.3, -0.25) is 4.79 Å². The first-order valence-corrected chi connectivity index (χ1v) is 5.72. The van der Waals surface area contributed by atoms with Gasteiger partial charge in [0.05, 0.1) is 23.6 Å². The fourth-order valence-electron chi connectivity index (χ4n) is 1.84. The fraction of sp³-hybridized carbons (Fsp3) is 0.0769. The summed E-state index contributed by atoms with van der Waals surface area (Å²) < 4.78 is 9.35. The number of esters is 1. The molecule has 3 rings (SSSR count). The molecule has 2 heterocycles. The molecule has 0 bridgehead atoms. The Hall–Kier alpha value is -2.96. The highest BCUT2D eigenvalue weighted by molar-refractivity contribution is 5.94. The van der Waals surface area contributed by atoms with Crippen LogP contribution in [0.1, 0.15) is 10.4 Å². The van der Waals surface area contributed by atoms with Crippen LogP contribution >= 0.6 is 0 Å². The van der Waals surface area contributed by atoms with Crippen molar-refractivity contribution in [1.82, 2.24) is 15.1 Å². The van der Waals surface area contributed by atoms with Crippen molar-refractivity contribution in [1.29, 1.82) is 0 Å². The Balaban J connectivity index is 2.23. The fourth-order valence-corrected chi connectivity index (χ4v) is 1.84. The van der Waals surface area contributed by atoms with Crippen LogP contribution in [0.15, 0.2) is 39.8 Å². The zero-order valence-electron chi connectivity index (χ0n) is 10.4. The molecule has 0 saturated heterocycles. The second-order valence-corrected chi connectivity index (χ2v) is 4.02. The minimum absolute atomic E-state index is 0.276. The summed E-state index contributed by atoms with van der Waals surface area (Å²) in [5, 5.41) is 4.09. The van der Waals surface area contributed by atoms with Gasteiger partial charge in [-0.15, -0.1) is 0 Å². The average Bonchev–Trinajstić information content (AvgIpc) is 3.00. The summed E-state index contributed by atoms with van der Waals surface area (Å²) in [5.41, 5.74) is 0.802. The van der Waals surface area contributed by atoms with Crippen LogP contribution in [0.4, 0.5) is 0 Å². The van der Waals surface area contributed by atoms with E-state index in [4.69, 9.17) is 4.52 Å². The molecule has 3 aromatic rings. The molecule has 7 heteroatoms. The number of carbonyl (C=O) groups is 1. The minimum Gasteiger partial charge on any atom is -0.465 e. The van der Waals surface area contributed by atoms with Crippen LogP contribution in [0.25, 0.3) is 22.4 Å². The molecule has 0 atom stereocenters. The highest BCUT2D eigenvalue weighted by Crippen LogP contribution is 2.16. The molecule has 0 aliphatic carbocycles. The smallest absolute Gasteiger partial charge is 0.337 e. The molecule has 0 saturated carbocycles. The van der Waals surface area contributed by atoms with Crippen LogP contribution in [-0.2, 0) is 4.74 Å². The molecule has 0 unspecified atom stereocenters. The third-order valence-electron chi connectivity index (χ3n) is 2.81. The summed E-state index contributed by atoms with van der Waals surface area (Å²) in [7, 11) is 1.29. The van der Waals surface area contributed by atoms with Gasteiger partial charge in [0.2, 0.25) is 0 Å². The van der Waals surface area contributed by atoms with E-state index in [9.17, 15) is 9.59 Å². The third-order valence-corrected chi connectivity index (χ3v) is 2.81. The molecule has 0 aliphatic rings. The van der Waals surface area contributed by atoms with Gasteiger partial charge in [-0.2, -0.15) is 0 Å². The number of hydrogen-bond donors (Lipinski definition) is 1. The maximum Gasteiger partial charge on any atom is 0.337 e. The van der Waals surface area contributed by atoms with Gasteiger partial charge in [-0.05, 0) is 18.2 Å². The summed E-state index contributed by atoms with van der Waals surface area (Å²) in [6.07, 6.45) is 1.38. The lowest BCUT2D eigenvalue weighted by atomic mass is 10.1. The van der Waals surface area contributed by atoms with E-state index in [-0.39, 0.29) is 11.4 Å². The molecule has 0 fully saturated rings. The largest absolute Gasteiger partial charge is 0.465 e. The van der Waals surface area contributed by atoms with Crippen molar-refractivity contribution in [2.75, 3.05) is 7.11 Å². The van der Waals surface area contributed by atoms with E-state index >= 15 is 0 Å². The van der Waals surface area contributed by atoms with Crippen molar-refractivity contribution in [3.05, 3.63) is 46.4 Å². The van der Waals surface area contributed by atoms with Crippen molar-refractivity contribution in [2.45, 2.75) is 0 Å². The Morgan fingerprint density at radius 1 is 1.35 bits per heavy atom. The van der Waals surface area contributed by atoms with Crippen molar-refractivity contribution in [3.63, 3.8) is 0 Å². The van der Waals surface area contributed by atoms with Crippen molar-refractivity contribution < 1.29 is 14.1 Å². The predicted octanol–water partition coefficient (Wildman–Crippen LogP) is 1.36. The Bertz CT molecular complexity index is 836. The second kappa shape index (κ2) is 4.61. The van der Waals surface area contributed by atoms with Gasteiger partial charge in [0.15, 0.2) is 5.82 Å². The maximum absolute atomic E-state index is 12.0. The molecule has 0 amide bonds. The summed E-state index contributed by atoms with van der Waals surface area (Å²) in [6, 6.07) is 6.12. The number of benzene rings is 1. The van der Waals surface area contributed by atoms with Gasteiger partial charge in [0.25, 0.3) is 5.56 Å². The lowest BCUT2D eigenvalue weighted by molar-refractivity contribution is 0.0601. The average molecular weight is 271 g/mol. The van der Waals surface area contributed by atoms with Crippen LogP contribution in [0.2, 0.25) is 0 Å². The van der Waals surface area contributed by atoms with E-state index in [1.807, 2.05) is 0 Å². The van der Waals surface area contributed by atoms with Gasteiger partial charge < -0.3 is 14.2 Å². The quantitative estimate of drug-likeness (QED) is 0.707. The monoisotopic (exact) mass is 271 g/mol. The van der Waals surface area contributed by atoms with Gasteiger partial charge >= 0.3 is 5.97 Å². The standard InChI is InChI=1S/C13H9N3O4/c1-19-13(18)7-2-3-8-10(6-7)14-11(15-12(8)17)9-4-5-20-16-9/h2-6H,1H3,(H,14,15,17). The Morgan fingerprint density at radius 2 is 2.20 bits per heavy atom. The molecule has 1 N–H and O–H groups in total. The second-order valence-electron chi connectivity index (χ2n) is 4.02. The number of hydrogen-bond acceptors (Lipinski definition) is 6. The van der Waals surface area contributed by atoms with Crippen molar-refractivity contribution in [3.8, 4) is 11.5 Å².